The molecule has 26 heavy (non-hydrogen) atoms. The van der Waals surface area contributed by atoms with E-state index >= 15 is 0 Å². The highest BCUT2D eigenvalue weighted by molar-refractivity contribution is 5.46. The molecule has 4 heterocycles. The smallest absolute Gasteiger partial charge is 0.135 e. The summed E-state index contributed by atoms with van der Waals surface area (Å²) in [5.74, 6) is 2.03. The summed E-state index contributed by atoms with van der Waals surface area (Å²) in [4.78, 5) is 14.2. The predicted molar refractivity (Wildman–Crippen MR) is 104 cm³/mol. The molecule has 0 atom stereocenters. The minimum absolute atomic E-state index is 0.554. The number of anilines is 1. The average Bonchev–Trinajstić information content (AvgIpc) is 2.92. The third-order valence-corrected chi connectivity index (χ3v) is 5.90. The van der Waals surface area contributed by atoms with Crippen molar-refractivity contribution in [1.29, 1.82) is 0 Å². The molecule has 0 amide bonds. The molecule has 0 radical (unpaired) electrons. The molecule has 2 aromatic rings. The van der Waals surface area contributed by atoms with Gasteiger partial charge in [0.1, 0.15) is 11.6 Å². The first-order valence-electron chi connectivity index (χ1n) is 9.89. The van der Waals surface area contributed by atoms with Gasteiger partial charge in [-0.1, -0.05) is 6.92 Å². The Morgan fingerprint density at radius 3 is 2.42 bits per heavy atom. The number of rotatable bonds is 4. The van der Waals surface area contributed by atoms with Crippen LogP contribution in [0.15, 0.2) is 12.3 Å². The van der Waals surface area contributed by atoms with E-state index in [0.717, 1.165) is 49.9 Å². The Labute approximate surface area is 156 Å². The lowest BCUT2D eigenvalue weighted by Crippen LogP contribution is -2.56. The molecule has 2 fully saturated rings. The van der Waals surface area contributed by atoms with Crippen LogP contribution in [0.1, 0.15) is 48.6 Å². The molecule has 0 aromatic carbocycles. The van der Waals surface area contributed by atoms with Gasteiger partial charge in [-0.15, -0.1) is 0 Å². The first kappa shape index (κ1) is 17.5. The van der Waals surface area contributed by atoms with Gasteiger partial charge in [-0.25, -0.2) is 9.97 Å². The number of aryl methyl sites for hydroxylation is 4. The largest absolute Gasteiger partial charge is 0.356 e. The van der Waals surface area contributed by atoms with E-state index in [9.17, 15) is 0 Å². The first-order valence-corrected chi connectivity index (χ1v) is 9.89. The molecule has 6 nitrogen and oxygen atoms in total. The van der Waals surface area contributed by atoms with Crippen molar-refractivity contribution < 1.29 is 0 Å². The van der Waals surface area contributed by atoms with Crippen molar-refractivity contribution in [3.63, 3.8) is 0 Å². The third-order valence-electron chi connectivity index (χ3n) is 5.90. The molecule has 6 heteroatoms. The van der Waals surface area contributed by atoms with Crippen LogP contribution in [0.4, 0.5) is 5.82 Å². The lowest BCUT2D eigenvalue weighted by Gasteiger charge is -2.47. The lowest BCUT2D eigenvalue weighted by atomic mass is 9.97. The SMILES string of the molecule is CCc1cnc(C)nc1N1CCC(N2CC(n3nc(C)cc3C)C2)CC1. The number of aromatic nitrogens is 4. The molecule has 2 saturated heterocycles. The second-order valence-corrected chi connectivity index (χ2v) is 7.82. The minimum atomic E-state index is 0.554. The Kier molecular flexibility index (Phi) is 4.69. The molecule has 0 unspecified atom stereocenters. The summed E-state index contributed by atoms with van der Waals surface area (Å²) in [5, 5.41) is 4.66. The highest BCUT2D eigenvalue weighted by Gasteiger charge is 2.36. The number of hydrogen-bond donors (Lipinski definition) is 0. The van der Waals surface area contributed by atoms with Gasteiger partial charge in [0.05, 0.1) is 11.7 Å². The second-order valence-electron chi connectivity index (χ2n) is 7.82. The zero-order valence-electron chi connectivity index (χ0n) is 16.4. The molecule has 0 spiro atoms. The summed E-state index contributed by atoms with van der Waals surface area (Å²) in [5.41, 5.74) is 3.68. The normalized spacial score (nSPS) is 19.8. The van der Waals surface area contributed by atoms with Crippen LogP contribution in [0.2, 0.25) is 0 Å². The zero-order valence-corrected chi connectivity index (χ0v) is 16.4. The van der Waals surface area contributed by atoms with Crippen LogP contribution < -0.4 is 4.90 Å². The maximum absolute atomic E-state index is 4.73. The summed E-state index contributed by atoms with van der Waals surface area (Å²) >= 11 is 0. The van der Waals surface area contributed by atoms with E-state index in [1.54, 1.807) is 0 Å². The molecule has 140 valence electrons. The van der Waals surface area contributed by atoms with Crippen LogP contribution in [-0.4, -0.2) is 56.9 Å². The van der Waals surface area contributed by atoms with E-state index in [1.807, 2.05) is 13.1 Å². The van der Waals surface area contributed by atoms with Crippen LogP contribution in [-0.2, 0) is 6.42 Å². The Bertz CT molecular complexity index is 769. The molecular weight excluding hydrogens is 324 g/mol. The summed E-state index contributed by atoms with van der Waals surface area (Å²) in [6.45, 7) is 12.9. The molecule has 2 aliphatic heterocycles. The van der Waals surface area contributed by atoms with Crippen molar-refractivity contribution in [1.82, 2.24) is 24.6 Å². The van der Waals surface area contributed by atoms with Crippen molar-refractivity contribution in [3.05, 3.63) is 35.0 Å². The molecule has 0 aliphatic carbocycles. The Balaban J connectivity index is 1.34. The maximum Gasteiger partial charge on any atom is 0.135 e. The predicted octanol–water partition coefficient (Wildman–Crippen LogP) is 2.69. The Morgan fingerprint density at radius 1 is 1.08 bits per heavy atom. The second kappa shape index (κ2) is 6.99. The van der Waals surface area contributed by atoms with E-state index in [1.165, 1.54) is 24.1 Å². The highest BCUT2D eigenvalue weighted by atomic mass is 15.4. The monoisotopic (exact) mass is 354 g/mol. The lowest BCUT2D eigenvalue weighted by molar-refractivity contribution is 0.0406. The van der Waals surface area contributed by atoms with Crippen molar-refractivity contribution >= 4 is 5.82 Å². The molecule has 2 aromatic heterocycles. The number of hydrogen-bond acceptors (Lipinski definition) is 5. The molecule has 0 saturated carbocycles. The van der Waals surface area contributed by atoms with Gasteiger partial charge in [-0.2, -0.15) is 5.10 Å². The van der Waals surface area contributed by atoms with E-state index in [0.29, 0.717) is 12.1 Å². The number of likely N-dealkylation sites (tertiary alicyclic amines) is 1. The van der Waals surface area contributed by atoms with Gasteiger partial charge in [0.15, 0.2) is 0 Å². The van der Waals surface area contributed by atoms with Gasteiger partial charge in [0.2, 0.25) is 0 Å². The van der Waals surface area contributed by atoms with Crippen LogP contribution in [0.5, 0.6) is 0 Å². The highest BCUT2D eigenvalue weighted by Crippen LogP contribution is 2.30. The van der Waals surface area contributed by atoms with Gasteiger partial charge in [-0.3, -0.25) is 9.58 Å². The summed E-state index contributed by atoms with van der Waals surface area (Å²) in [6, 6.07) is 3.43. The zero-order chi connectivity index (χ0) is 18.3. The fraction of sp³-hybridized carbons (Fsp3) is 0.650. The number of nitrogens with zero attached hydrogens (tertiary/aromatic N) is 6. The average molecular weight is 355 g/mol. The summed E-state index contributed by atoms with van der Waals surface area (Å²) in [6.07, 6.45) is 5.43. The van der Waals surface area contributed by atoms with Crippen molar-refractivity contribution in [2.75, 3.05) is 31.1 Å². The van der Waals surface area contributed by atoms with Crippen molar-refractivity contribution in [3.8, 4) is 0 Å². The Morgan fingerprint density at radius 2 is 1.81 bits per heavy atom. The fourth-order valence-electron chi connectivity index (χ4n) is 4.41. The minimum Gasteiger partial charge on any atom is -0.356 e. The van der Waals surface area contributed by atoms with Gasteiger partial charge in [-0.05, 0) is 46.1 Å². The summed E-state index contributed by atoms with van der Waals surface area (Å²) in [7, 11) is 0. The quantitative estimate of drug-likeness (QED) is 0.845. The van der Waals surface area contributed by atoms with Gasteiger partial charge >= 0.3 is 0 Å². The fourth-order valence-corrected chi connectivity index (χ4v) is 4.41. The maximum atomic E-state index is 4.73. The topological polar surface area (TPSA) is 50.1 Å². The van der Waals surface area contributed by atoms with E-state index < -0.39 is 0 Å². The van der Waals surface area contributed by atoms with E-state index in [4.69, 9.17) is 4.98 Å². The van der Waals surface area contributed by atoms with Gasteiger partial charge in [0, 0.05) is 49.7 Å². The van der Waals surface area contributed by atoms with Crippen molar-refractivity contribution in [2.24, 2.45) is 0 Å². The van der Waals surface area contributed by atoms with Crippen molar-refractivity contribution in [2.45, 2.75) is 59.0 Å². The van der Waals surface area contributed by atoms with Crippen LogP contribution in [0.3, 0.4) is 0 Å². The van der Waals surface area contributed by atoms with E-state index in [2.05, 4.69) is 51.4 Å². The van der Waals surface area contributed by atoms with Crippen LogP contribution in [0.25, 0.3) is 0 Å². The van der Waals surface area contributed by atoms with E-state index in [-0.39, 0.29) is 0 Å². The molecule has 0 N–H and O–H groups in total. The van der Waals surface area contributed by atoms with Gasteiger partial charge < -0.3 is 4.90 Å². The number of piperidine rings is 1. The third kappa shape index (κ3) is 3.22. The van der Waals surface area contributed by atoms with Crippen LogP contribution in [0, 0.1) is 20.8 Å². The Hall–Kier alpha value is -1.95. The van der Waals surface area contributed by atoms with Gasteiger partial charge in [0.25, 0.3) is 0 Å². The standard InChI is InChI=1S/C20H30N6/c1-5-17-11-21-16(4)22-20(17)24-8-6-18(7-9-24)25-12-19(13-25)26-15(3)10-14(2)23-26/h10-11,18-19H,5-9,12-13H2,1-4H3. The molecule has 2 aliphatic rings. The first-order chi connectivity index (χ1) is 12.5. The summed E-state index contributed by atoms with van der Waals surface area (Å²) < 4.78 is 2.22. The molecule has 4 rings (SSSR count). The molecule has 0 bridgehead atoms. The molecular formula is C20H30N6. The van der Waals surface area contributed by atoms with Crippen LogP contribution >= 0.6 is 0 Å².